The minimum Gasteiger partial charge on any atom is -0.396 e. The quantitative estimate of drug-likeness (QED) is 0.212. The molecule has 1 N–H and O–H groups in total. The smallest absolute Gasteiger partial charge is 0.247 e. The number of unbranched alkanes of at least 4 members (excludes halogenated alkanes) is 2. The summed E-state index contributed by atoms with van der Waals surface area (Å²) in [6.45, 7) is 9.20. The molecule has 4 rings (SSSR count). The molecule has 2 bridgehead atoms. The zero-order valence-corrected chi connectivity index (χ0v) is 24.4. The highest BCUT2D eigenvalue weighted by molar-refractivity contribution is 9.09. The lowest BCUT2D eigenvalue weighted by Gasteiger charge is -2.41. The average molecular weight is 597 g/mol. The van der Waals surface area contributed by atoms with Crippen molar-refractivity contribution >= 4 is 45.4 Å². The maximum atomic E-state index is 14.5. The van der Waals surface area contributed by atoms with Gasteiger partial charge in [0.05, 0.1) is 16.6 Å². The third-order valence-corrected chi connectivity index (χ3v) is 12.0. The third kappa shape index (κ3) is 5.17. The van der Waals surface area contributed by atoms with E-state index in [1.54, 1.807) is 35.9 Å². The van der Waals surface area contributed by atoms with Crippen molar-refractivity contribution in [1.29, 1.82) is 0 Å². The molecule has 1 aliphatic carbocycles. The van der Waals surface area contributed by atoms with Gasteiger partial charge in [0.15, 0.2) is 0 Å². The Morgan fingerprint density at radius 2 is 1.84 bits per heavy atom. The van der Waals surface area contributed by atoms with Gasteiger partial charge < -0.3 is 19.8 Å². The Hall–Kier alpha value is -1.32. The zero-order chi connectivity index (χ0) is 26.7. The van der Waals surface area contributed by atoms with Gasteiger partial charge in [0, 0.05) is 49.4 Å². The molecule has 0 aromatic carbocycles. The van der Waals surface area contributed by atoms with Crippen LogP contribution < -0.4 is 0 Å². The van der Waals surface area contributed by atoms with Crippen LogP contribution in [0, 0.1) is 11.8 Å². The van der Waals surface area contributed by atoms with Crippen molar-refractivity contribution in [3.63, 3.8) is 0 Å². The first-order valence-corrected chi connectivity index (χ1v) is 15.6. The van der Waals surface area contributed by atoms with Crippen molar-refractivity contribution in [1.82, 2.24) is 14.7 Å². The molecule has 4 aliphatic rings. The number of alkyl halides is 1. The number of carbonyl (C=O) groups is 3. The number of aliphatic hydroxyl groups excluding tert-OH is 1. The maximum absolute atomic E-state index is 14.5. The molecule has 3 heterocycles. The number of thioether (sulfide) groups is 1. The highest BCUT2D eigenvalue weighted by Crippen LogP contribution is 2.68. The Labute approximate surface area is 234 Å². The van der Waals surface area contributed by atoms with Crippen LogP contribution in [0.15, 0.2) is 25.3 Å². The number of carbonyl (C=O) groups excluding carboxylic acids is 3. The summed E-state index contributed by atoms with van der Waals surface area (Å²) in [7, 11) is 1.76. The van der Waals surface area contributed by atoms with E-state index in [9.17, 15) is 19.5 Å². The van der Waals surface area contributed by atoms with Crippen LogP contribution in [-0.4, -0.2) is 97.7 Å². The van der Waals surface area contributed by atoms with Crippen LogP contribution in [0.2, 0.25) is 0 Å². The van der Waals surface area contributed by atoms with E-state index >= 15 is 0 Å². The molecule has 9 heteroatoms. The predicted octanol–water partition coefficient (Wildman–Crippen LogP) is 3.61. The molecular formula is C28H42BrN3O4S. The second kappa shape index (κ2) is 12.2. The van der Waals surface area contributed by atoms with Gasteiger partial charge in [0.1, 0.15) is 6.04 Å². The van der Waals surface area contributed by atoms with Crippen molar-refractivity contribution < 1.29 is 19.5 Å². The Morgan fingerprint density at radius 3 is 2.49 bits per heavy atom. The molecule has 206 valence electrons. The summed E-state index contributed by atoms with van der Waals surface area (Å²) in [5.41, 5.74) is 0. The van der Waals surface area contributed by atoms with E-state index in [0.29, 0.717) is 32.5 Å². The van der Waals surface area contributed by atoms with E-state index in [0.717, 1.165) is 38.5 Å². The van der Waals surface area contributed by atoms with Crippen molar-refractivity contribution in [3.8, 4) is 0 Å². The fourth-order valence-corrected chi connectivity index (χ4v) is 10.7. The van der Waals surface area contributed by atoms with E-state index in [-0.39, 0.29) is 40.4 Å². The number of hydrogen-bond acceptors (Lipinski definition) is 5. The normalized spacial score (nSPS) is 32.9. The van der Waals surface area contributed by atoms with Gasteiger partial charge >= 0.3 is 0 Å². The molecule has 1 saturated carbocycles. The van der Waals surface area contributed by atoms with Crippen molar-refractivity contribution in [2.24, 2.45) is 11.8 Å². The first kappa shape index (κ1) is 28.7. The predicted molar refractivity (Wildman–Crippen MR) is 151 cm³/mol. The number of likely N-dealkylation sites (tertiary alicyclic amines) is 1. The molecule has 6 atom stereocenters. The average Bonchev–Trinajstić information content (AvgIpc) is 3.48. The Bertz CT molecular complexity index is 897. The second-order valence-corrected chi connectivity index (χ2v) is 13.8. The summed E-state index contributed by atoms with van der Waals surface area (Å²) < 4.78 is -0.618. The van der Waals surface area contributed by atoms with E-state index in [2.05, 4.69) is 29.1 Å². The first-order chi connectivity index (χ1) is 17.8. The van der Waals surface area contributed by atoms with Crippen LogP contribution in [0.5, 0.6) is 0 Å². The number of hydrogen-bond donors (Lipinski definition) is 1. The lowest BCUT2D eigenvalue weighted by molar-refractivity contribution is -0.145. The maximum Gasteiger partial charge on any atom is 0.247 e. The number of fused-ring (bicyclic) bond motifs is 1. The zero-order valence-electron chi connectivity index (χ0n) is 22.0. The van der Waals surface area contributed by atoms with Crippen LogP contribution in [0.25, 0.3) is 0 Å². The van der Waals surface area contributed by atoms with Crippen LogP contribution in [0.1, 0.15) is 57.8 Å². The fourth-order valence-electron chi connectivity index (χ4n) is 7.15. The van der Waals surface area contributed by atoms with Gasteiger partial charge in [-0.05, 0) is 38.5 Å². The summed E-state index contributed by atoms with van der Waals surface area (Å²) in [5.74, 6) is -1.03. The Balaban J connectivity index is 1.71. The molecule has 0 radical (unpaired) electrons. The number of likely N-dealkylation sites (N-methyl/N-ethyl adjacent to an activating group) is 1. The SMILES string of the molecule is C=CCN(C)C(=O)[C@H]1[C@@H]2SC3(CC2Br)C(C(=O)N(CC=C)C2CCCCC2)N(CCCCCO)C(=O)[C@H]13. The number of amides is 3. The standard InChI is InChI=1S/C28H42BrN3O4S/c1-4-14-30(3)25(34)21-22-26(35)32(16-10-7-11-17-33)24(28(22)18-20(29)23(21)37-28)27(36)31(15-5-2)19-12-8-6-9-13-19/h4-5,19-24,33H,1-2,6-18H2,3H3/t20?,21-,22+,23-,24?,28?/m1/s1. The van der Waals surface area contributed by atoms with Crippen molar-refractivity contribution in [3.05, 3.63) is 25.3 Å². The lowest BCUT2D eigenvalue weighted by atomic mass is 9.70. The van der Waals surface area contributed by atoms with Crippen LogP contribution in [0.3, 0.4) is 0 Å². The molecule has 7 nitrogen and oxygen atoms in total. The molecule has 37 heavy (non-hydrogen) atoms. The number of aliphatic hydroxyl groups is 1. The molecule has 3 aliphatic heterocycles. The van der Waals surface area contributed by atoms with Crippen molar-refractivity contribution in [2.75, 3.05) is 33.3 Å². The van der Waals surface area contributed by atoms with Crippen LogP contribution in [0.4, 0.5) is 0 Å². The van der Waals surface area contributed by atoms with Gasteiger partial charge in [-0.15, -0.1) is 24.9 Å². The first-order valence-electron chi connectivity index (χ1n) is 13.8. The molecule has 4 fully saturated rings. The molecule has 3 unspecified atom stereocenters. The highest BCUT2D eigenvalue weighted by Gasteiger charge is 2.76. The fraction of sp³-hybridized carbons (Fsp3) is 0.750. The third-order valence-electron chi connectivity index (χ3n) is 8.77. The Morgan fingerprint density at radius 1 is 1.14 bits per heavy atom. The number of rotatable bonds is 12. The largest absolute Gasteiger partial charge is 0.396 e. The number of nitrogens with zero attached hydrogens (tertiary/aromatic N) is 3. The minimum atomic E-state index is -0.618. The summed E-state index contributed by atoms with van der Waals surface area (Å²) in [5, 5.41) is 9.22. The van der Waals surface area contributed by atoms with E-state index < -0.39 is 22.6 Å². The monoisotopic (exact) mass is 595 g/mol. The van der Waals surface area contributed by atoms with E-state index in [1.807, 2.05) is 9.80 Å². The molecule has 3 saturated heterocycles. The summed E-state index contributed by atoms with van der Waals surface area (Å²) in [6, 6.07) is -0.417. The second-order valence-electron chi connectivity index (χ2n) is 11.1. The van der Waals surface area contributed by atoms with Crippen LogP contribution in [-0.2, 0) is 14.4 Å². The Kier molecular flexibility index (Phi) is 9.49. The molecule has 0 aromatic heterocycles. The lowest BCUT2D eigenvalue weighted by Crippen LogP contribution is -2.57. The van der Waals surface area contributed by atoms with E-state index in [4.69, 9.17) is 0 Å². The summed E-state index contributed by atoms with van der Waals surface area (Å²) >= 11 is 5.55. The molecular weight excluding hydrogens is 554 g/mol. The van der Waals surface area contributed by atoms with Gasteiger partial charge in [0.2, 0.25) is 17.7 Å². The van der Waals surface area contributed by atoms with Gasteiger partial charge in [0.25, 0.3) is 0 Å². The molecule has 0 aromatic rings. The topological polar surface area (TPSA) is 81.2 Å². The summed E-state index contributed by atoms with van der Waals surface area (Å²) in [4.78, 5) is 47.9. The number of halogens is 1. The minimum absolute atomic E-state index is 0.0187. The van der Waals surface area contributed by atoms with Gasteiger partial charge in [-0.25, -0.2) is 0 Å². The van der Waals surface area contributed by atoms with Crippen LogP contribution >= 0.6 is 27.7 Å². The molecule has 1 spiro atoms. The van der Waals surface area contributed by atoms with E-state index in [1.165, 1.54) is 6.42 Å². The highest BCUT2D eigenvalue weighted by atomic mass is 79.9. The van der Waals surface area contributed by atoms with Gasteiger partial charge in [-0.2, -0.15) is 0 Å². The van der Waals surface area contributed by atoms with Gasteiger partial charge in [-0.1, -0.05) is 47.3 Å². The summed E-state index contributed by atoms with van der Waals surface area (Å²) in [6.07, 6.45) is 11.8. The van der Waals surface area contributed by atoms with Gasteiger partial charge in [-0.3, -0.25) is 14.4 Å². The molecule has 3 amide bonds. The van der Waals surface area contributed by atoms with Crippen molar-refractivity contribution in [2.45, 2.75) is 84.7 Å².